The molecule has 0 saturated carbocycles. The number of amides is 1. The molecule has 3 rings (SSSR count). The highest BCUT2D eigenvalue weighted by Crippen LogP contribution is 2.21. The number of ether oxygens (including phenoxy) is 1. The molecule has 1 atom stereocenters. The predicted octanol–water partition coefficient (Wildman–Crippen LogP) is 2.82. The maximum atomic E-state index is 12.7. The normalized spacial score (nSPS) is 12.9. The van der Waals surface area contributed by atoms with Crippen molar-refractivity contribution >= 4 is 31.5 Å². The minimum atomic E-state index is -3.75. The zero-order chi connectivity index (χ0) is 24.1. The van der Waals surface area contributed by atoms with Crippen molar-refractivity contribution < 1.29 is 30.8 Å². The molecule has 0 aliphatic carbocycles. The first-order valence-electron chi connectivity index (χ1n) is 9.89. The van der Waals surface area contributed by atoms with Crippen LogP contribution in [0.1, 0.15) is 23.0 Å². The van der Waals surface area contributed by atoms with Crippen LogP contribution in [-0.4, -0.2) is 42.5 Å². The Bertz CT molecular complexity index is 1300. The number of rotatable bonds is 10. The number of hydrogen-bond acceptors (Lipinski definition) is 7. The largest absolute Gasteiger partial charge is 0.459 e. The highest BCUT2D eigenvalue weighted by atomic mass is 32.2. The molecule has 0 saturated heterocycles. The van der Waals surface area contributed by atoms with Gasteiger partial charge in [0.15, 0.2) is 15.6 Å². The number of furan rings is 1. The number of methoxy groups -OCH3 is 1. The molecule has 0 aliphatic heterocycles. The van der Waals surface area contributed by atoms with E-state index >= 15 is 0 Å². The van der Waals surface area contributed by atoms with Crippen molar-refractivity contribution in [1.29, 1.82) is 0 Å². The van der Waals surface area contributed by atoms with Crippen LogP contribution in [0.4, 0.5) is 5.69 Å². The first-order valence-corrected chi connectivity index (χ1v) is 13.0. The molecule has 0 aliphatic rings. The lowest BCUT2D eigenvalue weighted by molar-refractivity contribution is 0.0995. The molecule has 1 aromatic heterocycles. The van der Waals surface area contributed by atoms with Gasteiger partial charge in [0.1, 0.15) is 0 Å². The van der Waals surface area contributed by atoms with E-state index in [2.05, 4.69) is 10.0 Å². The van der Waals surface area contributed by atoms with E-state index in [1.807, 2.05) is 0 Å². The van der Waals surface area contributed by atoms with Gasteiger partial charge in [-0.3, -0.25) is 4.79 Å². The number of benzene rings is 2. The van der Waals surface area contributed by atoms with Crippen LogP contribution in [0.15, 0.2) is 81.1 Å². The third kappa shape index (κ3) is 6.29. The second kappa shape index (κ2) is 10.3. The van der Waals surface area contributed by atoms with Gasteiger partial charge in [-0.1, -0.05) is 18.2 Å². The summed E-state index contributed by atoms with van der Waals surface area (Å²) in [6.45, 7) is 1.90. The lowest BCUT2D eigenvalue weighted by Gasteiger charge is -2.13. The summed E-state index contributed by atoms with van der Waals surface area (Å²) >= 11 is 0. The van der Waals surface area contributed by atoms with Crippen LogP contribution >= 0.6 is 0 Å². The molecule has 11 heteroatoms. The lowest BCUT2D eigenvalue weighted by Crippen LogP contribution is -2.35. The summed E-state index contributed by atoms with van der Waals surface area (Å²) in [6, 6.07) is 14.5. The Labute approximate surface area is 192 Å². The fourth-order valence-corrected chi connectivity index (χ4v) is 5.69. The van der Waals surface area contributed by atoms with Crippen LogP contribution in [0, 0.1) is 0 Å². The van der Waals surface area contributed by atoms with Crippen LogP contribution in [0.2, 0.25) is 0 Å². The van der Waals surface area contributed by atoms with E-state index in [4.69, 9.17) is 9.15 Å². The van der Waals surface area contributed by atoms with Gasteiger partial charge < -0.3 is 14.5 Å². The summed E-state index contributed by atoms with van der Waals surface area (Å²) in [5.74, 6) is -1.19. The number of sulfone groups is 1. The van der Waals surface area contributed by atoms with Crippen LogP contribution in [0.25, 0.3) is 0 Å². The van der Waals surface area contributed by atoms with Crippen molar-refractivity contribution in [3.63, 3.8) is 0 Å². The van der Waals surface area contributed by atoms with Gasteiger partial charge in [0, 0.05) is 24.4 Å². The molecule has 0 fully saturated rings. The first-order chi connectivity index (χ1) is 15.6. The highest BCUT2D eigenvalue weighted by molar-refractivity contribution is 7.90. The SMILES string of the molecule is COC[C@@H](C)NS(=O)(=O)c1ccc(NC(=O)c2occc2CS(=O)(=O)c2ccccc2)cc1. The average Bonchev–Trinajstić information content (AvgIpc) is 3.22. The Morgan fingerprint density at radius 1 is 0.970 bits per heavy atom. The van der Waals surface area contributed by atoms with Gasteiger partial charge in [-0.25, -0.2) is 21.6 Å². The Morgan fingerprint density at radius 3 is 2.27 bits per heavy atom. The topological polar surface area (TPSA) is 132 Å². The predicted molar refractivity (Wildman–Crippen MR) is 122 cm³/mol. The summed E-state index contributed by atoms with van der Waals surface area (Å²) in [6.07, 6.45) is 1.24. The maximum Gasteiger partial charge on any atom is 0.291 e. The van der Waals surface area contributed by atoms with E-state index in [0.29, 0.717) is 5.69 Å². The van der Waals surface area contributed by atoms with Gasteiger partial charge in [-0.15, -0.1) is 0 Å². The van der Waals surface area contributed by atoms with Gasteiger partial charge in [0.05, 0.1) is 28.4 Å². The van der Waals surface area contributed by atoms with Crippen molar-refractivity contribution in [2.45, 2.75) is 28.5 Å². The van der Waals surface area contributed by atoms with E-state index in [1.165, 1.54) is 55.8 Å². The summed E-state index contributed by atoms with van der Waals surface area (Å²) in [5, 5.41) is 2.59. The van der Waals surface area contributed by atoms with Gasteiger partial charge in [0.25, 0.3) is 5.91 Å². The first kappa shape index (κ1) is 24.6. The smallest absolute Gasteiger partial charge is 0.291 e. The summed E-state index contributed by atoms with van der Waals surface area (Å²) in [4.78, 5) is 12.8. The van der Waals surface area contributed by atoms with Gasteiger partial charge in [-0.05, 0) is 49.4 Å². The Balaban J connectivity index is 1.71. The minimum Gasteiger partial charge on any atom is -0.459 e. The maximum absolute atomic E-state index is 12.7. The van der Waals surface area contributed by atoms with Crippen molar-refractivity contribution in [3.8, 4) is 0 Å². The Kier molecular flexibility index (Phi) is 7.69. The lowest BCUT2D eigenvalue weighted by atomic mass is 10.2. The van der Waals surface area contributed by atoms with Crippen LogP contribution < -0.4 is 10.0 Å². The van der Waals surface area contributed by atoms with Gasteiger partial charge >= 0.3 is 0 Å². The molecule has 0 bridgehead atoms. The van der Waals surface area contributed by atoms with E-state index < -0.39 is 37.6 Å². The minimum absolute atomic E-state index is 0.0242. The molecular formula is C22H24N2O7S2. The van der Waals surface area contributed by atoms with Gasteiger partial charge in [0.2, 0.25) is 10.0 Å². The van der Waals surface area contributed by atoms with Crippen molar-refractivity contribution in [2.24, 2.45) is 0 Å². The summed E-state index contributed by atoms with van der Waals surface area (Å²) in [7, 11) is -5.95. The van der Waals surface area contributed by atoms with Crippen LogP contribution in [0.3, 0.4) is 0 Å². The molecule has 2 N–H and O–H groups in total. The standard InChI is InChI=1S/C22H24N2O7S2/c1-16(14-30-2)24-33(28,29)20-10-8-18(9-11-20)23-22(25)21-17(12-13-31-21)15-32(26,27)19-6-4-3-5-7-19/h3-13,16,24H,14-15H2,1-2H3,(H,23,25)/t16-/m1/s1. The fourth-order valence-electron chi connectivity index (χ4n) is 3.09. The quantitative estimate of drug-likeness (QED) is 0.445. The van der Waals surface area contributed by atoms with Crippen molar-refractivity contribution in [1.82, 2.24) is 4.72 Å². The van der Waals surface area contributed by atoms with Crippen molar-refractivity contribution in [3.05, 3.63) is 78.3 Å². The van der Waals surface area contributed by atoms with Crippen molar-refractivity contribution in [2.75, 3.05) is 19.0 Å². The second-order valence-corrected chi connectivity index (χ2v) is 11.0. The number of carbonyl (C=O) groups excluding carboxylic acids is 1. The van der Waals surface area contributed by atoms with E-state index in [1.54, 1.807) is 25.1 Å². The third-order valence-corrected chi connectivity index (χ3v) is 7.88. The monoisotopic (exact) mass is 492 g/mol. The van der Waals surface area contributed by atoms with E-state index in [9.17, 15) is 21.6 Å². The zero-order valence-electron chi connectivity index (χ0n) is 18.0. The molecule has 2 aromatic carbocycles. The average molecular weight is 493 g/mol. The number of sulfonamides is 1. The second-order valence-electron chi connectivity index (χ2n) is 7.30. The van der Waals surface area contributed by atoms with Crippen LogP contribution in [-0.2, 0) is 30.4 Å². The molecule has 1 amide bonds. The molecule has 0 spiro atoms. The fraction of sp³-hybridized carbons (Fsp3) is 0.227. The number of nitrogens with one attached hydrogen (secondary N) is 2. The molecular weight excluding hydrogens is 468 g/mol. The Hall–Kier alpha value is -2.99. The summed E-state index contributed by atoms with van der Waals surface area (Å²) < 4.78 is 62.7. The number of hydrogen-bond donors (Lipinski definition) is 2. The van der Waals surface area contributed by atoms with Gasteiger partial charge in [-0.2, -0.15) is 0 Å². The molecule has 176 valence electrons. The third-order valence-electron chi connectivity index (χ3n) is 4.60. The molecule has 3 aromatic rings. The van der Waals surface area contributed by atoms with Crippen LogP contribution in [0.5, 0.6) is 0 Å². The zero-order valence-corrected chi connectivity index (χ0v) is 19.6. The number of carbonyl (C=O) groups is 1. The molecule has 0 unspecified atom stereocenters. The van der Waals surface area contributed by atoms with E-state index in [0.717, 1.165) is 0 Å². The molecule has 0 radical (unpaired) electrons. The molecule has 1 heterocycles. The number of anilines is 1. The highest BCUT2D eigenvalue weighted by Gasteiger charge is 2.23. The Morgan fingerprint density at radius 2 is 1.64 bits per heavy atom. The molecule has 33 heavy (non-hydrogen) atoms. The van der Waals surface area contributed by atoms with E-state index in [-0.39, 0.29) is 27.7 Å². The summed E-state index contributed by atoms with van der Waals surface area (Å²) in [5.41, 5.74) is 0.532. The molecule has 9 nitrogen and oxygen atoms in total.